The molecular formula is C16H22N2O2. The van der Waals surface area contributed by atoms with Gasteiger partial charge in [-0.2, -0.15) is 0 Å². The third-order valence-corrected chi connectivity index (χ3v) is 3.53. The third kappa shape index (κ3) is 3.61. The summed E-state index contributed by atoms with van der Waals surface area (Å²) in [6.07, 6.45) is 2.16. The molecule has 0 fully saturated rings. The van der Waals surface area contributed by atoms with Crippen LogP contribution in [-0.4, -0.2) is 28.2 Å². The molecule has 2 aromatic rings. The Morgan fingerprint density at radius 3 is 2.80 bits per heavy atom. The largest absolute Gasteiger partial charge is 0.393 e. The van der Waals surface area contributed by atoms with E-state index in [2.05, 4.69) is 5.32 Å². The van der Waals surface area contributed by atoms with E-state index in [0.717, 1.165) is 10.9 Å². The highest BCUT2D eigenvalue weighted by Crippen LogP contribution is 2.14. The summed E-state index contributed by atoms with van der Waals surface area (Å²) in [4.78, 5) is 11.9. The van der Waals surface area contributed by atoms with E-state index < -0.39 is 0 Å². The summed E-state index contributed by atoms with van der Waals surface area (Å²) in [7, 11) is 0. The Kier molecular flexibility index (Phi) is 4.79. The first-order chi connectivity index (χ1) is 9.58. The van der Waals surface area contributed by atoms with Crippen LogP contribution in [0.5, 0.6) is 0 Å². The van der Waals surface area contributed by atoms with Crippen molar-refractivity contribution >= 4 is 16.8 Å². The van der Waals surface area contributed by atoms with Gasteiger partial charge in [-0.3, -0.25) is 4.79 Å². The molecule has 0 radical (unpaired) electrons. The van der Waals surface area contributed by atoms with Crippen LogP contribution in [0, 0.1) is 5.92 Å². The summed E-state index contributed by atoms with van der Waals surface area (Å²) < 4.78 is 1.93. The van der Waals surface area contributed by atoms with Gasteiger partial charge in [0, 0.05) is 18.3 Å². The fourth-order valence-electron chi connectivity index (χ4n) is 2.18. The Bertz CT molecular complexity index is 575. The second-order valence-corrected chi connectivity index (χ2v) is 5.45. The number of carbonyl (C=O) groups excluding carboxylic acids is 1. The Morgan fingerprint density at radius 1 is 1.30 bits per heavy atom. The minimum absolute atomic E-state index is 0.0256. The van der Waals surface area contributed by atoms with Crippen LogP contribution in [-0.2, 0) is 11.3 Å². The molecule has 2 rings (SSSR count). The second kappa shape index (κ2) is 6.57. The molecular weight excluding hydrogens is 252 g/mol. The predicted octanol–water partition coefficient (Wildman–Crippen LogP) is 2.16. The van der Waals surface area contributed by atoms with Crippen molar-refractivity contribution < 1.29 is 9.90 Å². The van der Waals surface area contributed by atoms with Crippen molar-refractivity contribution in [2.75, 3.05) is 6.54 Å². The molecule has 1 aromatic heterocycles. The van der Waals surface area contributed by atoms with Gasteiger partial charge in [-0.1, -0.05) is 32.0 Å². The quantitative estimate of drug-likeness (QED) is 0.848. The number of amides is 1. The van der Waals surface area contributed by atoms with Gasteiger partial charge < -0.3 is 15.0 Å². The van der Waals surface area contributed by atoms with Gasteiger partial charge in [0.05, 0.1) is 6.10 Å². The molecule has 1 amide bonds. The molecule has 0 saturated carbocycles. The minimum Gasteiger partial charge on any atom is -0.393 e. The highest BCUT2D eigenvalue weighted by Gasteiger charge is 2.10. The van der Waals surface area contributed by atoms with E-state index in [4.69, 9.17) is 0 Å². The Balaban J connectivity index is 1.86. The Hall–Kier alpha value is -1.81. The summed E-state index contributed by atoms with van der Waals surface area (Å²) in [5, 5.41) is 13.7. The van der Waals surface area contributed by atoms with Crippen LogP contribution in [0.1, 0.15) is 20.3 Å². The highest BCUT2D eigenvalue weighted by molar-refractivity contribution is 5.83. The zero-order valence-electron chi connectivity index (χ0n) is 12.0. The van der Waals surface area contributed by atoms with Gasteiger partial charge in [0.2, 0.25) is 5.91 Å². The first-order valence-electron chi connectivity index (χ1n) is 7.06. The van der Waals surface area contributed by atoms with E-state index in [9.17, 15) is 9.90 Å². The topological polar surface area (TPSA) is 54.3 Å². The molecule has 1 heterocycles. The average molecular weight is 274 g/mol. The molecule has 4 heteroatoms. The number of aliphatic hydroxyl groups is 1. The van der Waals surface area contributed by atoms with Crippen molar-refractivity contribution in [2.24, 2.45) is 5.92 Å². The van der Waals surface area contributed by atoms with E-state index in [0.29, 0.717) is 19.5 Å². The van der Waals surface area contributed by atoms with E-state index in [1.807, 2.05) is 54.9 Å². The van der Waals surface area contributed by atoms with Crippen molar-refractivity contribution in [1.82, 2.24) is 9.88 Å². The fraction of sp³-hybridized carbons (Fsp3) is 0.438. The van der Waals surface area contributed by atoms with Crippen LogP contribution < -0.4 is 5.32 Å². The van der Waals surface area contributed by atoms with Crippen LogP contribution in [0.4, 0.5) is 0 Å². The number of rotatable bonds is 6. The lowest BCUT2D eigenvalue weighted by atomic mass is 10.0. The number of aromatic nitrogens is 1. The van der Waals surface area contributed by atoms with Gasteiger partial charge in [-0.25, -0.2) is 0 Å². The van der Waals surface area contributed by atoms with E-state index >= 15 is 0 Å². The molecule has 0 aliphatic carbocycles. The maximum Gasteiger partial charge on any atom is 0.239 e. The maximum atomic E-state index is 11.9. The minimum atomic E-state index is -0.359. The van der Waals surface area contributed by atoms with Crippen molar-refractivity contribution in [3.63, 3.8) is 0 Å². The monoisotopic (exact) mass is 274 g/mol. The molecule has 0 aliphatic rings. The van der Waals surface area contributed by atoms with Crippen LogP contribution in [0.25, 0.3) is 10.9 Å². The van der Waals surface area contributed by atoms with Crippen LogP contribution in [0.2, 0.25) is 0 Å². The van der Waals surface area contributed by atoms with Crippen LogP contribution >= 0.6 is 0 Å². The smallest absolute Gasteiger partial charge is 0.239 e. The van der Waals surface area contributed by atoms with Crippen molar-refractivity contribution in [3.05, 3.63) is 36.5 Å². The third-order valence-electron chi connectivity index (χ3n) is 3.53. The number of aliphatic hydroxyl groups excluding tert-OH is 1. The summed E-state index contributed by atoms with van der Waals surface area (Å²) >= 11 is 0. The number of para-hydroxylation sites is 1. The number of carbonyl (C=O) groups is 1. The number of hydrogen-bond donors (Lipinski definition) is 2. The lowest BCUT2D eigenvalue weighted by Gasteiger charge is -2.14. The first-order valence-corrected chi connectivity index (χ1v) is 7.06. The Morgan fingerprint density at radius 2 is 2.05 bits per heavy atom. The molecule has 0 saturated heterocycles. The Labute approximate surface area is 119 Å². The molecule has 1 atom stereocenters. The van der Waals surface area contributed by atoms with E-state index in [1.54, 1.807) is 0 Å². The molecule has 4 nitrogen and oxygen atoms in total. The van der Waals surface area contributed by atoms with Crippen molar-refractivity contribution in [2.45, 2.75) is 32.9 Å². The summed E-state index contributed by atoms with van der Waals surface area (Å²) in [5.41, 5.74) is 1.06. The van der Waals surface area contributed by atoms with Gasteiger partial charge in [-0.05, 0) is 29.9 Å². The molecule has 108 valence electrons. The molecule has 2 N–H and O–H groups in total. The molecule has 20 heavy (non-hydrogen) atoms. The van der Waals surface area contributed by atoms with Crippen LogP contribution in [0.15, 0.2) is 36.5 Å². The summed E-state index contributed by atoms with van der Waals surface area (Å²) in [5.74, 6) is 0.197. The van der Waals surface area contributed by atoms with E-state index in [-0.39, 0.29) is 17.9 Å². The highest BCUT2D eigenvalue weighted by atomic mass is 16.3. The SMILES string of the molecule is CC(C)C(O)CCNC(=O)Cn1ccc2ccccc21. The second-order valence-electron chi connectivity index (χ2n) is 5.45. The maximum absolute atomic E-state index is 11.9. The first kappa shape index (κ1) is 14.6. The zero-order chi connectivity index (χ0) is 14.5. The van der Waals surface area contributed by atoms with Gasteiger partial charge in [0.1, 0.15) is 6.54 Å². The number of fused-ring (bicyclic) bond motifs is 1. The van der Waals surface area contributed by atoms with Gasteiger partial charge in [0.15, 0.2) is 0 Å². The molecule has 0 bridgehead atoms. The standard InChI is InChI=1S/C16H22N2O2/c1-12(2)15(19)7-9-17-16(20)11-18-10-8-13-5-3-4-6-14(13)18/h3-6,8,10,12,15,19H,7,9,11H2,1-2H3,(H,17,20). The number of benzene rings is 1. The molecule has 0 aliphatic heterocycles. The van der Waals surface area contributed by atoms with Crippen molar-refractivity contribution in [3.8, 4) is 0 Å². The lowest BCUT2D eigenvalue weighted by molar-refractivity contribution is -0.121. The number of nitrogens with zero attached hydrogens (tertiary/aromatic N) is 1. The summed E-state index contributed by atoms with van der Waals surface area (Å²) in [6.45, 7) is 4.76. The zero-order valence-corrected chi connectivity index (χ0v) is 12.0. The normalized spacial score (nSPS) is 12.8. The molecule has 0 spiro atoms. The average Bonchev–Trinajstić information content (AvgIpc) is 2.82. The van der Waals surface area contributed by atoms with Gasteiger partial charge >= 0.3 is 0 Å². The number of hydrogen-bond acceptors (Lipinski definition) is 2. The summed E-state index contributed by atoms with van der Waals surface area (Å²) in [6, 6.07) is 9.99. The van der Waals surface area contributed by atoms with Crippen molar-refractivity contribution in [1.29, 1.82) is 0 Å². The van der Waals surface area contributed by atoms with Gasteiger partial charge in [0.25, 0.3) is 0 Å². The molecule has 1 unspecified atom stereocenters. The molecule has 1 aromatic carbocycles. The lowest BCUT2D eigenvalue weighted by Crippen LogP contribution is -2.31. The van der Waals surface area contributed by atoms with Gasteiger partial charge in [-0.15, -0.1) is 0 Å². The van der Waals surface area contributed by atoms with Crippen LogP contribution in [0.3, 0.4) is 0 Å². The number of nitrogens with one attached hydrogen (secondary N) is 1. The predicted molar refractivity (Wildman–Crippen MR) is 80.4 cm³/mol. The fourth-order valence-corrected chi connectivity index (χ4v) is 2.18. The van der Waals surface area contributed by atoms with E-state index in [1.165, 1.54) is 0 Å².